The Labute approximate surface area is 349 Å². The predicted molar refractivity (Wildman–Crippen MR) is 215 cm³/mol. The number of hydrogen-bond donors (Lipinski definition) is 2. The van der Waals surface area contributed by atoms with Crippen LogP contribution in [0.15, 0.2) is 66.3 Å². The molecule has 14 atom stereocenters. The van der Waals surface area contributed by atoms with E-state index in [0.717, 1.165) is 16.7 Å². The van der Waals surface area contributed by atoms with Crippen molar-refractivity contribution < 1.29 is 57.1 Å². The first-order valence-electron chi connectivity index (χ1n) is 21.1. The number of halogens is 1. The second-order valence-corrected chi connectivity index (χ2v) is 18.4. The number of nitrogen functional groups attached to an aromatic ring is 1. The van der Waals surface area contributed by atoms with Gasteiger partial charge in [0.15, 0.2) is 29.7 Å². The lowest BCUT2D eigenvalue weighted by Gasteiger charge is -2.59. The fourth-order valence-corrected chi connectivity index (χ4v) is 11.9. The maximum Gasteiger partial charge on any atom is 0.303 e. The topological polar surface area (TPSA) is 170 Å². The van der Waals surface area contributed by atoms with Crippen LogP contribution in [0.5, 0.6) is 0 Å². The molecule has 0 spiro atoms. The molecule has 4 aliphatic carbocycles. The van der Waals surface area contributed by atoms with Gasteiger partial charge in [-0.25, -0.2) is 4.39 Å². The summed E-state index contributed by atoms with van der Waals surface area (Å²) in [5, 5.41) is 12.3. The number of esters is 2. The van der Waals surface area contributed by atoms with Gasteiger partial charge in [0.25, 0.3) is 0 Å². The Balaban J connectivity index is 1.10. The van der Waals surface area contributed by atoms with Gasteiger partial charge in [-0.2, -0.15) is 0 Å². The molecule has 8 rings (SSSR count). The quantitative estimate of drug-likeness (QED) is 0.208. The van der Waals surface area contributed by atoms with E-state index in [2.05, 4.69) is 6.92 Å². The van der Waals surface area contributed by atoms with Crippen LogP contribution >= 0.6 is 0 Å². The van der Waals surface area contributed by atoms with Crippen molar-refractivity contribution in [3.05, 3.63) is 88.8 Å². The monoisotopic (exact) mass is 829 g/mol. The van der Waals surface area contributed by atoms with Crippen molar-refractivity contribution in [3.8, 4) is 0 Å². The lowest BCUT2D eigenvalue weighted by molar-refractivity contribution is -0.273. The minimum atomic E-state index is -1.64. The summed E-state index contributed by atoms with van der Waals surface area (Å²) in [6.07, 6.45) is 2.33. The standard InChI is InChI=1S/C47H56FNO11/c1-24-25(2)43(58-38(22-55-26(3)50)42(24)57-27(4)51)56-23-39(54)47-40(59-44(60-47)34-13-9-29(18-36(34)48)17-28-7-11-31(49)12-8-28)20-35-33-14-10-30-19-32(52)15-16-45(30,5)41(33)37(53)21-46(35,47)6/h7-9,11-13,15-16,18-19,24-25,33,35,37-38,40-44,53H,10,14,17,20-23,49H2,1-6H3/t24-,25-,33+,35+,37+,38-,40-,41-,42-,43-,44?,45+,46+,47-/m1/s1. The van der Waals surface area contributed by atoms with E-state index in [0.29, 0.717) is 31.4 Å². The maximum absolute atomic E-state index is 16.2. The third kappa shape index (κ3) is 7.13. The first kappa shape index (κ1) is 42.4. The van der Waals surface area contributed by atoms with Gasteiger partial charge in [0.2, 0.25) is 0 Å². The summed E-state index contributed by atoms with van der Waals surface area (Å²) in [5.41, 5.74) is 6.24. The highest BCUT2D eigenvalue weighted by atomic mass is 19.1. The van der Waals surface area contributed by atoms with Gasteiger partial charge in [0, 0.05) is 53.7 Å². The molecule has 5 fully saturated rings. The molecule has 0 radical (unpaired) electrons. The molecule has 3 N–H and O–H groups in total. The molecular weight excluding hydrogens is 774 g/mol. The van der Waals surface area contributed by atoms with E-state index in [4.69, 9.17) is 34.2 Å². The molecule has 2 aliphatic heterocycles. The number of rotatable bonds is 10. The highest BCUT2D eigenvalue weighted by molar-refractivity contribution is 6.01. The van der Waals surface area contributed by atoms with Crippen LogP contribution in [0.4, 0.5) is 10.1 Å². The minimum absolute atomic E-state index is 0.0345. The maximum atomic E-state index is 16.2. The van der Waals surface area contributed by atoms with Gasteiger partial charge in [0.1, 0.15) is 31.2 Å². The number of carbonyl (C=O) groups is 4. The van der Waals surface area contributed by atoms with Crippen LogP contribution < -0.4 is 5.73 Å². The molecule has 0 amide bonds. The lowest BCUT2D eigenvalue weighted by Crippen LogP contribution is -2.63. The number of anilines is 1. The Bertz CT molecular complexity index is 2100. The Morgan fingerprint density at radius 3 is 2.43 bits per heavy atom. The third-order valence-electron chi connectivity index (χ3n) is 14.9. The molecule has 60 heavy (non-hydrogen) atoms. The van der Waals surface area contributed by atoms with Crippen molar-refractivity contribution in [3.63, 3.8) is 0 Å². The van der Waals surface area contributed by atoms with Crippen molar-refractivity contribution in [1.29, 1.82) is 0 Å². The summed E-state index contributed by atoms with van der Waals surface area (Å²) in [4.78, 5) is 51.5. The number of aliphatic hydroxyl groups excluding tert-OH is 1. The van der Waals surface area contributed by atoms with Crippen LogP contribution in [0, 0.1) is 46.2 Å². The summed E-state index contributed by atoms with van der Waals surface area (Å²) >= 11 is 0. The van der Waals surface area contributed by atoms with E-state index in [-0.39, 0.29) is 54.0 Å². The molecule has 0 aromatic heterocycles. The number of fused-ring (bicyclic) bond motifs is 7. The Hall–Kier alpha value is -4.27. The molecule has 12 nitrogen and oxygen atoms in total. The van der Waals surface area contributed by atoms with E-state index >= 15 is 9.18 Å². The van der Waals surface area contributed by atoms with E-state index in [1.54, 1.807) is 30.4 Å². The Morgan fingerprint density at radius 1 is 1.00 bits per heavy atom. The Kier molecular flexibility index (Phi) is 11.2. The summed E-state index contributed by atoms with van der Waals surface area (Å²) in [7, 11) is 0. The molecule has 2 aromatic carbocycles. The molecule has 3 saturated carbocycles. The second kappa shape index (κ2) is 15.9. The van der Waals surface area contributed by atoms with Crippen molar-refractivity contribution in [1.82, 2.24) is 0 Å². The number of ether oxygens (including phenoxy) is 6. The smallest absolute Gasteiger partial charge is 0.303 e. The number of nitrogens with two attached hydrogens (primary N) is 1. The van der Waals surface area contributed by atoms with Crippen molar-refractivity contribution in [2.75, 3.05) is 18.9 Å². The summed E-state index contributed by atoms with van der Waals surface area (Å²) in [6.45, 7) is 9.75. The SMILES string of the molecule is CC(=O)OC[C@H]1O[C@@H](OCC(=O)[C@@]23OC(c4ccc(Cc5ccc(N)cc5)cc4F)O[C@@H]2C[C@H]2[C@@H]4CCC5=CC(=O)C=C[C@]5(C)[C@H]4[C@@H](O)C[C@@]23C)[C@H](C)[C@@H](C)[C@H]1OC(C)=O. The van der Waals surface area contributed by atoms with Crippen LogP contribution in [-0.4, -0.2) is 78.1 Å². The average molecular weight is 830 g/mol. The Morgan fingerprint density at radius 2 is 1.73 bits per heavy atom. The molecule has 13 heteroatoms. The highest BCUT2D eigenvalue weighted by Gasteiger charge is 2.76. The zero-order valence-corrected chi connectivity index (χ0v) is 35.1. The zero-order valence-electron chi connectivity index (χ0n) is 35.1. The number of allylic oxidation sites excluding steroid dienone is 4. The van der Waals surface area contributed by atoms with Gasteiger partial charge in [0.05, 0.1) is 12.2 Å². The number of aliphatic hydroxyl groups is 1. The minimum Gasteiger partial charge on any atom is -0.463 e. The van der Waals surface area contributed by atoms with Gasteiger partial charge in [-0.3, -0.25) is 19.2 Å². The van der Waals surface area contributed by atoms with Crippen LogP contribution in [-0.2, 0) is 54.0 Å². The van der Waals surface area contributed by atoms with Gasteiger partial charge in [-0.1, -0.05) is 63.6 Å². The fraction of sp³-hybridized carbons (Fsp3) is 0.574. The molecule has 2 saturated heterocycles. The molecular formula is C47H56FNO11. The second-order valence-electron chi connectivity index (χ2n) is 18.4. The normalized spacial score (nSPS) is 39.2. The van der Waals surface area contributed by atoms with E-state index in [9.17, 15) is 19.5 Å². The highest BCUT2D eigenvalue weighted by Crippen LogP contribution is 2.70. The van der Waals surface area contributed by atoms with E-state index < -0.39 is 83.6 Å². The number of Topliss-reactive ketones (excluding diaryl/α,β-unsaturated/α-hetero) is 1. The first-order chi connectivity index (χ1) is 28.4. The van der Waals surface area contributed by atoms with Crippen molar-refractivity contribution in [2.45, 2.75) is 116 Å². The number of hydrogen-bond acceptors (Lipinski definition) is 12. The molecule has 2 aromatic rings. The number of ketones is 2. The lowest BCUT2D eigenvalue weighted by atomic mass is 9.46. The molecule has 322 valence electrons. The van der Waals surface area contributed by atoms with E-state index in [1.807, 2.05) is 45.0 Å². The van der Waals surface area contributed by atoms with Crippen molar-refractivity contribution >= 4 is 29.2 Å². The molecule has 1 unspecified atom stereocenters. The van der Waals surface area contributed by atoms with Crippen LogP contribution in [0.25, 0.3) is 0 Å². The number of carbonyl (C=O) groups excluding carboxylic acids is 4. The fourth-order valence-electron chi connectivity index (χ4n) is 11.9. The van der Waals surface area contributed by atoms with Crippen LogP contribution in [0.1, 0.15) is 90.2 Å². The third-order valence-corrected chi connectivity index (χ3v) is 14.9. The van der Waals surface area contributed by atoms with Gasteiger partial charge >= 0.3 is 11.9 Å². The number of benzene rings is 2. The molecule has 6 aliphatic rings. The van der Waals surface area contributed by atoms with Crippen LogP contribution in [0.3, 0.4) is 0 Å². The van der Waals surface area contributed by atoms with Gasteiger partial charge in [-0.15, -0.1) is 0 Å². The molecule has 2 heterocycles. The summed E-state index contributed by atoms with van der Waals surface area (Å²) in [5.74, 6) is -3.07. The largest absolute Gasteiger partial charge is 0.463 e. The summed E-state index contributed by atoms with van der Waals surface area (Å²) < 4.78 is 53.3. The zero-order chi connectivity index (χ0) is 42.9. The summed E-state index contributed by atoms with van der Waals surface area (Å²) in [6, 6.07) is 12.3. The first-order valence-corrected chi connectivity index (χ1v) is 21.1. The molecule has 0 bridgehead atoms. The predicted octanol–water partition coefficient (Wildman–Crippen LogP) is 6.12. The van der Waals surface area contributed by atoms with E-state index in [1.165, 1.54) is 19.9 Å². The van der Waals surface area contributed by atoms with Gasteiger partial charge in [-0.05, 0) is 85.4 Å². The van der Waals surface area contributed by atoms with Gasteiger partial charge < -0.3 is 39.3 Å². The van der Waals surface area contributed by atoms with Crippen molar-refractivity contribution in [2.24, 2.45) is 40.4 Å². The average Bonchev–Trinajstić information content (AvgIpc) is 3.69. The van der Waals surface area contributed by atoms with Crippen LogP contribution in [0.2, 0.25) is 0 Å².